The Balaban J connectivity index is 1.84. The number of aliphatic hydroxyl groups is 1. The molecule has 1 aliphatic carbocycles. The minimum absolute atomic E-state index is 0.0512. The number of ether oxygens (including phenoxy) is 1. The van der Waals surface area contributed by atoms with E-state index in [1.165, 1.54) is 0 Å². The summed E-state index contributed by atoms with van der Waals surface area (Å²) in [5.74, 6) is 0.713. The molecule has 1 fully saturated rings. The van der Waals surface area contributed by atoms with Gasteiger partial charge in [-0.15, -0.1) is 10.2 Å². The van der Waals surface area contributed by atoms with Gasteiger partial charge >= 0.3 is 0 Å². The van der Waals surface area contributed by atoms with Crippen molar-refractivity contribution in [2.24, 2.45) is 0 Å². The third-order valence-electron chi connectivity index (χ3n) is 3.93. The normalized spacial score (nSPS) is 26.8. The number of halogens is 1. The second-order valence-electron chi connectivity index (χ2n) is 5.20. The molecule has 5 nitrogen and oxygen atoms in total. The summed E-state index contributed by atoms with van der Waals surface area (Å²) in [7, 11) is 0. The number of aliphatic hydroxyl groups excluding tert-OH is 1. The minimum atomic E-state index is -0.314. The zero-order valence-corrected chi connectivity index (χ0v) is 11.5. The lowest BCUT2D eigenvalue weighted by molar-refractivity contribution is 0.108. The number of hydrogen-bond acceptors (Lipinski definition) is 5. The van der Waals surface area contributed by atoms with Crippen molar-refractivity contribution in [2.45, 2.75) is 50.9 Å². The molecule has 2 N–H and O–H groups in total. The fourth-order valence-electron chi connectivity index (χ4n) is 2.81. The van der Waals surface area contributed by atoms with E-state index in [1.54, 1.807) is 0 Å². The van der Waals surface area contributed by atoms with Crippen LogP contribution in [-0.2, 0) is 17.8 Å². The van der Waals surface area contributed by atoms with Crippen LogP contribution in [-0.4, -0.2) is 34.1 Å². The highest BCUT2D eigenvalue weighted by atomic mass is 35.5. The van der Waals surface area contributed by atoms with Crippen LogP contribution in [0.1, 0.15) is 36.8 Å². The number of hydrogen-bond donors (Lipinski definition) is 2. The van der Waals surface area contributed by atoms with Crippen molar-refractivity contribution in [1.82, 2.24) is 10.2 Å². The molecule has 0 spiro atoms. The van der Waals surface area contributed by atoms with Gasteiger partial charge < -0.3 is 15.2 Å². The molecule has 2 atom stereocenters. The molecule has 0 unspecified atom stereocenters. The molecule has 0 radical (unpaired) electrons. The molecule has 1 aromatic heterocycles. The van der Waals surface area contributed by atoms with Crippen molar-refractivity contribution in [3.8, 4) is 0 Å². The fourth-order valence-corrected chi connectivity index (χ4v) is 3.06. The van der Waals surface area contributed by atoms with E-state index in [9.17, 15) is 5.11 Å². The van der Waals surface area contributed by atoms with Gasteiger partial charge in [-0.25, -0.2) is 0 Å². The van der Waals surface area contributed by atoms with E-state index >= 15 is 0 Å². The fraction of sp³-hybridized carbons (Fsp3) is 0.692. The predicted molar refractivity (Wildman–Crippen MR) is 72.3 cm³/mol. The first-order valence-electron chi connectivity index (χ1n) is 6.82. The van der Waals surface area contributed by atoms with E-state index in [0.717, 1.165) is 43.2 Å². The third-order valence-corrected chi connectivity index (χ3v) is 4.24. The quantitative estimate of drug-likeness (QED) is 0.868. The lowest BCUT2D eigenvalue weighted by Crippen LogP contribution is -2.37. The van der Waals surface area contributed by atoms with Gasteiger partial charge in [-0.1, -0.05) is 24.4 Å². The van der Waals surface area contributed by atoms with Crippen LogP contribution < -0.4 is 5.32 Å². The Labute approximate surface area is 117 Å². The molecule has 1 saturated carbocycles. The Morgan fingerprint density at radius 1 is 1.21 bits per heavy atom. The van der Waals surface area contributed by atoms with Gasteiger partial charge in [0.05, 0.1) is 25.4 Å². The number of rotatable bonds is 2. The van der Waals surface area contributed by atoms with Crippen LogP contribution in [0.3, 0.4) is 0 Å². The van der Waals surface area contributed by atoms with Crippen molar-refractivity contribution < 1.29 is 9.84 Å². The van der Waals surface area contributed by atoms with Gasteiger partial charge in [0.15, 0.2) is 11.0 Å². The second kappa shape index (κ2) is 5.61. The van der Waals surface area contributed by atoms with Crippen LogP contribution in [0, 0.1) is 0 Å². The van der Waals surface area contributed by atoms with Crippen LogP contribution in [0.15, 0.2) is 0 Å². The van der Waals surface area contributed by atoms with E-state index in [-0.39, 0.29) is 12.1 Å². The number of nitrogens with one attached hydrogen (secondary N) is 1. The molecule has 0 aromatic carbocycles. The molecule has 104 valence electrons. The zero-order chi connectivity index (χ0) is 13.2. The molecule has 2 heterocycles. The lowest BCUT2D eigenvalue weighted by atomic mass is 9.92. The maximum absolute atomic E-state index is 10.0. The maximum Gasteiger partial charge on any atom is 0.155 e. The first kappa shape index (κ1) is 13.1. The SMILES string of the molecule is O[C@H]1CCCC[C@@H]1Nc1nnc(Cl)c2c1COCC2. The standard InChI is InChI=1S/C13H18ClN3O2/c14-12-8-5-6-19-7-9(8)13(17-16-12)15-10-3-1-2-4-11(10)18/h10-11,18H,1-7H2,(H,15,17)/t10-,11-/m0/s1. The van der Waals surface area contributed by atoms with Gasteiger partial charge in [-0.2, -0.15) is 0 Å². The van der Waals surface area contributed by atoms with Crippen LogP contribution in [0.2, 0.25) is 5.15 Å². The number of nitrogens with zero attached hydrogens (tertiary/aromatic N) is 2. The summed E-state index contributed by atoms with van der Waals surface area (Å²) in [6, 6.07) is 0.0512. The highest BCUT2D eigenvalue weighted by Crippen LogP contribution is 2.29. The van der Waals surface area contributed by atoms with Crippen molar-refractivity contribution in [3.63, 3.8) is 0 Å². The summed E-state index contributed by atoms with van der Waals surface area (Å²) in [6.07, 6.45) is 4.48. The van der Waals surface area contributed by atoms with Crippen molar-refractivity contribution in [1.29, 1.82) is 0 Å². The topological polar surface area (TPSA) is 67.3 Å². The van der Waals surface area contributed by atoms with Gasteiger partial charge in [0.25, 0.3) is 0 Å². The van der Waals surface area contributed by atoms with Gasteiger partial charge in [-0.3, -0.25) is 0 Å². The first-order valence-corrected chi connectivity index (χ1v) is 7.20. The Kier molecular flexibility index (Phi) is 3.86. The number of anilines is 1. The van der Waals surface area contributed by atoms with Gasteiger partial charge in [0, 0.05) is 11.1 Å². The van der Waals surface area contributed by atoms with Crippen LogP contribution in [0.4, 0.5) is 5.82 Å². The van der Waals surface area contributed by atoms with Crippen LogP contribution >= 0.6 is 11.6 Å². The molecule has 0 bridgehead atoms. The molecule has 0 saturated heterocycles. The Bertz CT molecular complexity index is 469. The molecule has 2 aliphatic rings. The summed E-state index contributed by atoms with van der Waals surface area (Å²) >= 11 is 6.08. The van der Waals surface area contributed by atoms with Crippen molar-refractivity contribution in [3.05, 3.63) is 16.3 Å². The van der Waals surface area contributed by atoms with Crippen LogP contribution in [0.25, 0.3) is 0 Å². The van der Waals surface area contributed by atoms with Crippen molar-refractivity contribution in [2.75, 3.05) is 11.9 Å². The Hall–Kier alpha value is -0.910. The smallest absolute Gasteiger partial charge is 0.155 e. The van der Waals surface area contributed by atoms with E-state index in [4.69, 9.17) is 16.3 Å². The summed E-state index contributed by atoms with van der Waals surface area (Å²) in [6.45, 7) is 1.18. The van der Waals surface area contributed by atoms with E-state index in [2.05, 4.69) is 15.5 Å². The number of fused-ring (bicyclic) bond motifs is 1. The monoisotopic (exact) mass is 283 g/mol. The molecular weight excluding hydrogens is 266 g/mol. The third kappa shape index (κ3) is 2.68. The van der Waals surface area contributed by atoms with E-state index < -0.39 is 0 Å². The zero-order valence-electron chi connectivity index (χ0n) is 10.7. The maximum atomic E-state index is 10.0. The highest BCUT2D eigenvalue weighted by Gasteiger charge is 2.26. The van der Waals surface area contributed by atoms with Gasteiger partial charge in [-0.05, 0) is 19.3 Å². The van der Waals surface area contributed by atoms with Crippen molar-refractivity contribution >= 4 is 17.4 Å². The average molecular weight is 284 g/mol. The molecule has 1 aliphatic heterocycles. The second-order valence-corrected chi connectivity index (χ2v) is 5.56. The molecule has 6 heteroatoms. The minimum Gasteiger partial charge on any atom is -0.391 e. The lowest BCUT2D eigenvalue weighted by Gasteiger charge is -2.30. The van der Waals surface area contributed by atoms with Gasteiger partial charge in [0.1, 0.15) is 0 Å². The molecule has 3 rings (SSSR count). The first-order chi connectivity index (χ1) is 9.25. The highest BCUT2D eigenvalue weighted by molar-refractivity contribution is 6.30. The summed E-state index contributed by atoms with van der Waals surface area (Å²) in [5.41, 5.74) is 2.01. The predicted octanol–water partition coefficient (Wildman–Crippen LogP) is 1.92. The number of aromatic nitrogens is 2. The van der Waals surface area contributed by atoms with E-state index in [0.29, 0.717) is 24.2 Å². The summed E-state index contributed by atoms with van der Waals surface area (Å²) < 4.78 is 5.48. The van der Waals surface area contributed by atoms with Crippen LogP contribution in [0.5, 0.6) is 0 Å². The summed E-state index contributed by atoms with van der Waals surface area (Å²) in [4.78, 5) is 0. The molecule has 19 heavy (non-hydrogen) atoms. The average Bonchev–Trinajstić information content (AvgIpc) is 2.44. The Morgan fingerprint density at radius 3 is 2.89 bits per heavy atom. The van der Waals surface area contributed by atoms with Gasteiger partial charge in [0.2, 0.25) is 0 Å². The Morgan fingerprint density at radius 2 is 2.05 bits per heavy atom. The summed E-state index contributed by atoms with van der Waals surface area (Å²) in [5, 5.41) is 21.9. The molecular formula is C13H18ClN3O2. The van der Waals surface area contributed by atoms with E-state index in [1.807, 2.05) is 0 Å². The molecule has 0 amide bonds. The largest absolute Gasteiger partial charge is 0.391 e. The molecule has 1 aromatic rings.